The summed E-state index contributed by atoms with van der Waals surface area (Å²) in [6.07, 6.45) is 3.64. The molecule has 1 aromatic carbocycles. The first-order chi connectivity index (χ1) is 7.92. The number of hydrogen-bond acceptors (Lipinski definition) is 4. The third-order valence-electron chi connectivity index (χ3n) is 2.37. The summed E-state index contributed by atoms with van der Waals surface area (Å²) in [6.45, 7) is 0.761. The Morgan fingerprint density at radius 1 is 1.38 bits per heavy atom. The summed E-state index contributed by atoms with van der Waals surface area (Å²) in [6, 6.07) is 6.14. The lowest BCUT2D eigenvalue weighted by atomic mass is 10.2. The van der Waals surface area contributed by atoms with Gasteiger partial charge in [-0.25, -0.2) is 4.98 Å². The molecule has 0 aliphatic rings. The second-order valence-corrected chi connectivity index (χ2v) is 4.43. The summed E-state index contributed by atoms with van der Waals surface area (Å²) in [5.41, 5.74) is 2.12. The summed E-state index contributed by atoms with van der Waals surface area (Å²) in [7, 11) is 0. The highest BCUT2D eigenvalue weighted by Gasteiger charge is 1.99. The maximum atomic E-state index is 4.22. The van der Waals surface area contributed by atoms with Crippen LogP contribution in [-0.2, 0) is 6.54 Å². The van der Waals surface area contributed by atoms with E-state index < -0.39 is 0 Å². The molecule has 0 amide bonds. The van der Waals surface area contributed by atoms with Gasteiger partial charge in [0.05, 0.1) is 18.3 Å². The molecule has 0 aliphatic carbocycles. The van der Waals surface area contributed by atoms with Crippen LogP contribution in [0, 0.1) is 0 Å². The lowest BCUT2D eigenvalue weighted by molar-refractivity contribution is 1.10. The minimum atomic E-state index is 0.761. The number of hydrogen-bond donors (Lipinski definition) is 2. The molecular formula is C11H10N4S. The Morgan fingerprint density at radius 3 is 3.25 bits per heavy atom. The van der Waals surface area contributed by atoms with Crippen molar-refractivity contribution in [2.75, 3.05) is 5.32 Å². The molecule has 0 atom stereocenters. The summed E-state index contributed by atoms with van der Waals surface area (Å²) >= 11 is 1.65. The van der Waals surface area contributed by atoms with Gasteiger partial charge in [-0.1, -0.05) is 0 Å². The smallest absolute Gasteiger partial charge is 0.112 e. The van der Waals surface area contributed by atoms with Crippen molar-refractivity contribution in [2.24, 2.45) is 0 Å². The van der Waals surface area contributed by atoms with Crippen LogP contribution in [0.15, 0.2) is 36.0 Å². The molecule has 0 spiro atoms. The van der Waals surface area contributed by atoms with E-state index in [2.05, 4.69) is 26.6 Å². The molecule has 3 aromatic rings. The quantitative estimate of drug-likeness (QED) is 0.727. The van der Waals surface area contributed by atoms with Crippen molar-refractivity contribution in [1.82, 2.24) is 15.2 Å². The number of nitrogens with zero attached hydrogens (tertiary/aromatic N) is 2. The van der Waals surface area contributed by atoms with Crippen LogP contribution in [0.2, 0.25) is 0 Å². The van der Waals surface area contributed by atoms with Crippen molar-refractivity contribution in [1.29, 1.82) is 0 Å². The van der Waals surface area contributed by atoms with Crippen LogP contribution in [0.25, 0.3) is 10.9 Å². The molecule has 2 heterocycles. The number of nitrogens with one attached hydrogen (secondary N) is 2. The fourth-order valence-electron chi connectivity index (χ4n) is 1.56. The molecule has 2 aromatic heterocycles. The largest absolute Gasteiger partial charge is 0.378 e. The second-order valence-electron chi connectivity index (χ2n) is 3.45. The van der Waals surface area contributed by atoms with Crippen molar-refractivity contribution in [3.63, 3.8) is 0 Å². The maximum absolute atomic E-state index is 4.22. The zero-order valence-electron chi connectivity index (χ0n) is 8.47. The Balaban J connectivity index is 1.78. The van der Waals surface area contributed by atoms with E-state index >= 15 is 0 Å². The summed E-state index contributed by atoms with van der Waals surface area (Å²) < 4.78 is 0. The highest BCUT2D eigenvalue weighted by molar-refractivity contribution is 7.09. The minimum Gasteiger partial charge on any atom is -0.378 e. The van der Waals surface area contributed by atoms with Gasteiger partial charge in [0.25, 0.3) is 0 Å². The molecule has 3 rings (SSSR count). The van der Waals surface area contributed by atoms with E-state index in [0.717, 1.165) is 28.1 Å². The molecule has 0 bridgehead atoms. The van der Waals surface area contributed by atoms with Crippen LogP contribution in [0.5, 0.6) is 0 Å². The molecule has 80 valence electrons. The van der Waals surface area contributed by atoms with E-state index in [1.807, 2.05) is 29.9 Å². The molecular weight excluding hydrogens is 220 g/mol. The van der Waals surface area contributed by atoms with Crippen LogP contribution < -0.4 is 5.32 Å². The first kappa shape index (κ1) is 9.35. The molecule has 0 unspecified atom stereocenters. The Hall–Kier alpha value is -1.88. The van der Waals surface area contributed by atoms with Crippen molar-refractivity contribution in [3.05, 3.63) is 41.0 Å². The number of H-pyrrole nitrogens is 1. The van der Waals surface area contributed by atoms with Gasteiger partial charge in [-0.3, -0.25) is 5.10 Å². The van der Waals surface area contributed by atoms with Crippen molar-refractivity contribution in [2.45, 2.75) is 6.54 Å². The highest BCUT2D eigenvalue weighted by Crippen LogP contribution is 2.17. The highest BCUT2D eigenvalue weighted by atomic mass is 32.1. The van der Waals surface area contributed by atoms with Gasteiger partial charge < -0.3 is 5.32 Å². The molecule has 4 nitrogen and oxygen atoms in total. The van der Waals surface area contributed by atoms with Crippen LogP contribution >= 0.6 is 11.3 Å². The van der Waals surface area contributed by atoms with Gasteiger partial charge in [0.15, 0.2) is 0 Å². The Morgan fingerprint density at radius 2 is 2.38 bits per heavy atom. The van der Waals surface area contributed by atoms with Gasteiger partial charge in [0.1, 0.15) is 5.01 Å². The number of benzene rings is 1. The topological polar surface area (TPSA) is 53.6 Å². The number of anilines is 1. The molecule has 16 heavy (non-hydrogen) atoms. The first-order valence-electron chi connectivity index (χ1n) is 4.97. The number of aromatic amines is 1. The summed E-state index contributed by atoms with van der Waals surface area (Å²) in [5.74, 6) is 0. The molecule has 0 saturated carbocycles. The van der Waals surface area contributed by atoms with Crippen LogP contribution in [0.1, 0.15) is 5.01 Å². The van der Waals surface area contributed by atoms with Crippen LogP contribution in [0.4, 0.5) is 5.69 Å². The second kappa shape index (κ2) is 3.94. The number of thiazole rings is 1. The Labute approximate surface area is 96.3 Å². The molecule has 0 fully saturated rings. The van der Waals surface area contributed by atoms with E-state index in [-0.39, 0.29) is 0 Å². The van der Waals surface area contributed by atoms with Crippen molar-refractivity contribution in [3.8, 4) is 0 Å². The van der Waals surface area contributed by atoms with Gasteiger partial charge in [-0.05, 0) is 18.2 Å². The molecule has 0 saturated heterocycles. The summed E-state index contributed by atoms with van der Waals surface area (Å²) in [5, 5.41) is 14.5. The van der Waals surface area contributed by atoms with E-state index in [1.165, 1.54) is 0 Å². The first-order valence-corrected chi connectivity index (χ1v) is 5.85. The average molecular weight is 230 g/mol. The Kier molecular flexibility index (Phi) is 2.30. The standard InChI is InChI=1S/C11H10N4S/c1-2-9(5-10-8(1)6-14-15-10)13-7-11-12-3-4-16-11/h1-6,13H,7H2,(H,14,15). The van der Waals surface area contributed by atoms with E-state index in [0.29, 0.717) is 0 Å². The predicted molar refractivity (Wildman–Crippen MR) is 65.5 cm³/mol. The molecule has 0 aliphatic heterocycles. The third kappa shape index (κ3) is 1.77. The normalized spacial score (nSPS) is 10.8. The monoisotopic (exact) mass is 230 g/mol. The zero-order valence-corrected chi connectivity index (χ0v) is 9.29. The fourth-order valence-corrected chi connectivity index (χ4v) is 2.12. The lowest BCUT2D eigenvalue weighted by Gasteiger charge is -2.03. The van der Waals surface area contributed by atoms with Crippen molar-refractivity contribution >= 4 is 27.9 Å². The third-order valence-corrected chi connectivity index (χ3v) is 3.15. The molecule has 5 heteroatoms. The van der Waals surface area contributed by atoms with E-state index in [9.17, 15) is 0 Å². The van der Waals surface area contributed by atoms with Crippen LogP contribution in [0.3, 0.4) is 0 Å². The number of aromatic nitrogens is 3. The predicted octanol–water partition coefficient (Wildman–Crippen LogP) is 2.63. The van der Waals surface area contributed by atoms with E-state index in [1.54, 1.807) is 11.3 Å². The number of fused-ring (bicyclic) bond motifs is 1. The Bertz CT molecular complexity index is 585. The van der Waals surface area contributed by atoms with Gasteiger partial charge >= 0.3 is 0 Å². The van der Waals surface area contributed by atoms with E-state index in [4.69, 9.17) is 0 Å². The SMILES string of the molecule is c1csc(CNc2ccc3cn[nH]c3c2)n1. The zero-order chi connectivity index (χ0) is 10.8. The van der Waals surface area contributed by atoms with Gasteiger partial charge in [-0.15, -0.1) is 11.3 Å². The fraction of sp³-hybridized carbons (Fsp3) is 0.0909. The van der Waals surface area contributed by atoms with Gasteiger partial charge in [-0.2, -0.15) is 5.10 Å². The lowest BCUT2D eigenvalue weighted by Crippen LogP contribution is -1.98. The molecule has 2 N–H and O–H groups in total. The van der Waals surface area contributed by atoms with Crippen molar-refractivity contribution < 1.29 is 0 Å². The van der Waals surface area contributed by atoms with Crippen LogP contribution in [-0.4, -0.2) is 15.2 Å². The summed E-state index contributed by atoms with van der Waals surface area (Å²) in [4.78, 5) is 4.22. The maximum Gasteiger partial charge on any atom is 0.112 e. The minimum absolute atomic E-state index is 0.761. The average Bonchev–Trinajstić information content (AvgIpc) is 2.97. The van der Waals surface area contributed by atoms with Gasteiger partial charge in [0.2, 0.25) is 0 Å². The number of rotatable bonds is 3. The molecule has 0 radical (unpaired) electrons. The van der Waals surface area contributed by atoms with Gasteiger partial charge in [0, 0.05) is 22.7 Å².